The molecule has 1 amide bonds. The van der Waals surface area contributed by atoms with E-state index >= 15 is 0 Å². The molecule has 1 N–H and O–H groups in total. The van der Waals surface area contributed by atoms with E-state index in [1.165, 1.54) is 12.4 Å². The Morgan fingerprint density at radius 3 is 2.84 bits per heavy atom. The summed E-state index contributed by atoms with van der Waals surface area (Å²) in [5.74, 6) is 0.167. The van der Waals surface area contributed by atoms with Gasteiger partial charge in [0.2, 0.25) is 5.91 Å². The van der Waals surface area contributed by atoms with Gasteiger partial charge in [0.25, 0.3) is 0 Å². The maximum absolute atomic E-state index is 12.6. The molecule has 1 fully saturated rings. The molecule has 0 spiro atoms. The van der Waals surface area contributed by atoms with Crippen LogP contribution in [0.15, 0.2) is 31.0 Å². The Morgan fingerprint density at radius 2 is 2.20 bits per heavy atom. The van der Waals surface area contributed by atoms with E-state index in [0.717, 1.165) is 12.3 Å². The highest BCUT2D eigenvalue weighted by molar-refractivity contribution is 5.80. The van der Waals surface area contributed by atoms with E-state index in [2.05, 4.69) is 20.4 Å². The summed E-state index contributed by atoms with van der Waals surface area (Å²) in [5.41, 5.74) is -0.780. The third kappa shape index (κ3) is 4.25. The number of anilines is 1. The van der Waals surface area contributed by atoms with Crippen LogP contribution >= 0.6 is 0 Å². The fourth-order valence-electron chi connectivity index (χ4n) is 2.71. The highest BCUT2D eigenvalue weighted by atomic mass is 19.4. The van der Waals surface area contributed by atoms with Crippen molar-refractivity contribution < 1.29 is 18.0 Å². The van der Waals surface area contributed by atoms with Crippen molar-refractivity contribution >= 4 is 11.7 Å². The summed E-state index contributed by atoms with van der Waals surface area (Å²) in [5, 5.41) is 6.78. The van der Waals surface area contributed by atoms with Crippen LogP contribution in [0.3, 0.4) is 0 Å². The van der Waals surface area contributed by atoms with E-state index < -0.39 is 11.7 Å². The molecule has 134 valence electrons. The molecule has 2 aromatic rings. The molecule has 0 bridgehead atoms. The maximum Gasteiger partial charge on any atom is 0.417 e. The smallest absolute Gasteiger partial charge is 0.356 e. The molecule has 3 rings (SSSR count). The molecule has 7 nitrogen and oxygen atoms in total. The van der Waals surface area contributed by atoms with Crippen LogP contribution in [0.4, 0.5) is 19.0 Å². The van der Waals surface area contributed by atoms with Crippen LogP contribution in [-0.2, 0) is 17.5 Å². The van der Waals surface area contributed by atoms with E-state index in [-0.39, 0.29) is 11.8 Å². The molecule has 0 radical (unpaired) electrons. The number of carbonyl (C=O) groups is 1. The highest BCUT2D eigenvalue weighted by Crippen LogP contribution is 2.30. The molecule has 3 heterocycles. The molecule has 25 heavy (non-hydrogen) atoms. The first-order chi connectivity index (χ1) is 11.9. The summed E-state index contributed by atoms with van der Waals surface area (Å²) in [6.45, 7) is 1.99. The summed E-state index contributed by atoms with van der Waals surface area (Å²) in [6.07, 6.45) is 0.0508. The number of pyridine rings is 1. The van der Waals surface area contributed by atoms with Crippen LogP contribution in [0.1, 0.15) is 12.0 Å². The second kappa shape index (κ2) is 7.08. The van der Waals surface area contributed by atoms with Crippen molar-refractivity contribution in [2.45, 2.75) is 19.1 Å². The Morgan fingerprint density at radius 1 is 1.36 bits per heavy atom. The van der Waals surface area contributed by atoms with Gasteiger partial charge in [0.15, 0.2) is 0 Å². The molecule has 0 unspecified atom stereocenters. The first-order valence-electron chi connectivity index (χ1n) is 7.82. The average molecular weight is 354 g/mol. The Hall–Kier alpha value is -2.65. The molecule has 1 saturated heterocycles. The van der Waals surface area contributed by atoms with Crippen molar-refractivity contribution in [3.8, 4) is 0 Å². The van der Waals surface area contributed by atoms with Crippen LogP contribution < -0.4 is 10.2 Å². The van der Waals surface area contributed by atoms with Gasteiger partial charge < -0.3 is 10.2 Å². The third-order valence-corrected chi connectivity index (χ3v) is 4.06. The first-order valence-corrected chi connectivity index (χ1v) is 7.82. The Balaban J connectivity index is 1.50. The van der Waals surface area contributed by atoms with Gasteiger partial charge in [-0.25, -0.2) is 9.97 Å². The fraction of sp³-hybridized carbons (Fsp3) is 0.467. The van der Waals surface area contributed by atoms with E-state index in [0.29, 0.717) is 38.4 Å². The van der Waals surface area contributed by atoms with Gasteiger partial charge >= 0.3 is 6.18 Å². The van der Waals surface area contributed by atoms with Crippen molar-refractivity contribution in [2.75, 3.05) is 24.5 Å². The van der Waals surface area contributed by atoms with Gasteiger partial charge in [0.05, 0.1) is 18.0 Å². The SMILES string of the molecule is O=C(NCCn1cncn1)[C@H]1CCN(c2ccc(C(F)(F)F)cn2)C1. The normalized spacial score (nSPS) is 17.7. The van der Waals surface area contributed by atoms with E-state index in [4.69, 9.17) is 0 Å². The number of hydrogen-bond donors (Lipinski definition) is 1. The summed E-state index contributed by atoms with van der Waals surface area (Å²) in [7, 11) is 0. The Labute approximate surface area is 141 Å². The molecular weight excluding hydrogens is 337 g/mol. The second-order valence-electron chi connectivity index (χ2n) is 5.78. The maximum atomic E-state index is 12.6. The van der Waals surface area contributed by atoms with Crippen molar-refractivity contribution in [1.82, 2.24) is 25.1 Å². The van der Waals surface area contributed by atoms with E-state index in [9.17, 15) is 18.0 Å². The van der Waals surface area contributed by atoms with E-state index in [1.807, 2.05) is 4.90 Å². The molecule has 2 aromatic heterocycles. The standard InChI is InChI=1S/C15H17F3N6O/c16-15(17,18)12-1-2-13(21-7-12)23-5-3-11(8-23)14(25)20-4-6-24-10-19-9-22-24/h1-2,7,9-11H,3-6,8H2,(H,20,25)/t11-/m0/s1. The van der Waals surface area contributed by atoms with Crippen LogP contribution in [-0.4, -0.2) is 45.3 Å². The molecule has 10 heteroatoms. The van der Waals surface area contributed by atoms with Gasteiger partial charge in [-0.05, 0) is 18.6 Å². The van der Waals surface area contributed by atoms with Gasteiger partial charge in [-0.3, -0.25) is 9.48 Å². The number of aromatic nitrogens is 4. The minimum Gasteiger partial charge on any atom is -0.356 e. The van der Waals surface area contributed by atoms with Gasteiger partial charge in [0, 0.05) is 25.8 Å². The van der Waals surface area contributed by atoms with Crippen molar-refractivity contribution in [3.63, 3.8) is 0 Å². The lowest BCUT2D eigenvalue weighted by Crippen LogP contribution is -2.34. The summed E-state index contributed by atoms with van der Waals surface area (Å²) in [6, 6.07) is 2.35. The summed E-state index contributed by atoms with van der Waals surface area (Å²) >= 11 is 0. The molecule has 1 aliphatic heterocycles. The van der Waals surface area contributed by atoms with Crippen LogP contribution in [0.5, 0.6) is 0 Å². The topological polar surface area (TPSA) is 75.9 Å². The zero-order valence-corrected chi connectivity index (χ0v) is 13.3. The molecule has 0 saturated carbocycles. The number of amides is 1. The molecular formula is C15H17F3N6O. The van der Waals surface area contributed by atoms with Gasteiger partial charge in [-0.2, -0.15) is 18.3 Å². The zero-order valence-electron chi connectivity index (χ0n) is 13.3. The lowest BCUT2D eigenvalue weighted by Gasteiger charge is -2.18. The van der Waals surface area contributed by atoms with Crippen molar-refractivity contribution in [1.29, 1.82) is 0 Å². The van der Waals surface area contributed by atoms with Crippen LogP contribution in [0.2, 0.25) is 0 Å². The van der Waals surface area contributed by atoms with E-state index in [1.54, 1.807) is 11.0 Å². The van der Waals surface area contributed by atoms with Crippen LogP contribution in [0.25, 0.3) is 0 Å². The number of carbonyl (C=O) groups excluding carboxylic acids is 1. The largest absolute Gasteiger partial charge is 0.417 e. The third-order valence-electron chi connectivity index (χ3n) is 4.06. The molecule has 0 aliphatic carbocycles. The number of alkyl halides is 3. The van der Waals surface area contributed by atoms with Crippen molar-refractivity contribution in [2.24, 2.45) is 5.92 Å². The Kier molecular flexibility index (Phi) is 4.86. The second-order valence-corrected chi connectivity index (χ2v) is 5.78. The van der Waals surface area contributed by atoms with Crippen LogP contribution in [0, 0.1) is 5.92 Å². The van der Waals surface area contributed by atoms with Gasteiger partial charge in [-0.1, -0.05) is 0 Å². The number of hydrogen-bond acceptors (Lipinski definition) is 5. The lowest BCUT2D eigenvalue weighted by molar-refractivity contribution is -0.137. The predicted octanol–water partition coefficient (Wildman–Crippen LogP) is 1.33. The first kappa shape index (κ1) is 17.2. The average Bonchev–Trinajstić information content (AvgIpc) is 3.26. The lowest BCUT2D eigenvalue weighted by atomic mass is 10.1. The molecule has 1 atom stereocenters. The summed E-state index contributed by atoms with van der Waals surface area (Å²) < 4.78 is 39.3. The van der Waals surface area contributed by atoms with Gasteiger partial charge in [0.1, 0.15) is 18.5 Å². The number of rotatable bonds is 5. The number of nitrogens with one attached hydrogen (secondary N) is 1. The molecule has 1 aliphatic rings. The quantitative estimate of drug-likeness (QED) is 0.877. The molecule has 0 aromatic carbocycles. The van der Waals surface area contributed by atoms with Gasteiger partial charge in [-0.15, -0.1) is 0 Å². The predicted molar refractivity (Wildman–Crippen MR) is 82.6 cm³/mol. The highest BCUT2D eigenvalue weighted by Gasteiger charge is 2.32. The number of halogens is 3. The summed E-state index contributed by atoms with van der Waals surface area (Å²) in [4.78, 5) is 21.7. The monoisotopic (exact) mass is 354 g/mol. The minimum atomic E-state index is -4.40. The van der Waals surface area contributed by atoms with Crippen molar-refractivity contribution in [3.05, 3.63) is 36.5 Å². The minimum absolute atomic E-state index is 0.0745. The zero-order chi connectivity index (χ0) is 17.9. The number of nitrogens with zero attached hydrogens (tertiary/aromatic N) is 5. The fourth-order valence-corrected chi connectivity index (χ4v) is 2.71. The Bertz CT molecular complexity index is 701.